The zero-order chi connectivity index (χ0) is 17.2. The van der Waals surface area contributed by atoms with E-state index in [1.807, 2.05) is 0 Å². The molecule has 0 atom stereocenters. The number of aromatic nitrogens is 1. The molecule has 1 aliphatic carbocycles. The number of ether oxygens (including phenoxy) is 1. The summed E-state index contributed by atoms with van der Waals surface area (Å²) in [4.78, 5) is 17.9. The lowest BCUT2D eigenvalue weighted by Gasteiger charge is -2.15. The summed E-state index contributed by atoms with van der Waals surface area (Å²) < 4.78 is 41.0. The number of carbonyl (C=O) groups is 1. The Morgan fingerprint density at radius 3 is 2.83 bits per heavy atom. The Morgan fingerprint density at radius 1 is 1.38 bits per heavy atom. The lowest BCUT2D eigenvalue weighted by atomic mass is 10.1. The Morgan fingerprint density at radius 2 is 2.17 bits per heavy atom. The van der Waals surface area contributed by atoms with E-state index in [2.05, 4.69) is 19.9 Å². The number of hydrogen-bond donors (Lipinski definition) is 1. The van der Waals surface area contributed by atoms with Gasteiger partial charge in [0.25, 0.3) is 0 Å². The molecule has 1 amide bonds. The quantitative estimate of drug-likeness (QED) is 0.860. The number of amides is 1. The van der Waals surface area contributed by atoms with Gasteiger partial charge in [0.15, 0.2) is 6.61 Å². The summed E-state index contributed by atoms with van der Waals surface area (Å²) in [5, 5.41) is 2.79. The fourth-order valence-corrected chi connectivity index (χ4v) is 3.00. The monoisotopic (exact) mass is 343 g/mol. The lowest BCUT2D eigenvalue weighted by molar-refractivity contribution is -0.154. The maximum atomic E-state index is 12.1. The molecule has 1 spiro atoms. The van der Waals surface area contributed by atoms with E-state index in [1.165, 1.54) is 31.5 Å². The molecule has 0 unspecified atom stereocenters. The summed E-state index contributed by atoms with van der Waals surface area (Å²) in [5.74, 6) is -0.184. The highest BCUT2D eigenvalue weighted by atomic mass is 19.4. The average molecular weight is 343 g/mol. The van der Waals surface area contributed by atoms with Crippen LogP contribution in [0, 0.1) is 5.41 Å². The summed E-state index contributed by atoms with van der Waals surface area (Å²) in [6, 6.07) is 3.04. The fraction of sp³-hybridized carbons (Fsp3) is 0.625. The van der Waals surface area contributed by atoms with Gasteiger partial charge >= 0.3 is 6.18 Å². The minimum absolute atomic E-state index is 0.0812. The first-order valence-electron chi connectivity index (χ1n) is 7.97. The van der Waals surface area contributed by atoms with Gasteiger partial charge in [0, 0.05) is 25.4 Å². The second kappa shape index (κ2) is 6.58. The van der Waals surface area contributed by atoms with Gasteiger partial charge in [-0.2, -0.15) is 13.2 Å². The summed E-state index contributed by atoms with van der Waals surface area (Å²) in [5.41, 5.74) is 1.13. The normalized spacial score (nSPS) is 19.5. The van der Waals surface area contributed by atoms with Crippen LogP contribution in [0.1, 0.15) is 24.8 Å². The summed E-state index contributed by atoms with van der Waals surface area (Å²) >= 11 is 0. The Hall–Kier alpha value is -1.83. The molecule has 1 saturated carbocycles. The van der Waals surface area contributed by atoms with Crippen molar-refractivity contribution in [3.8, 4) is 5.88 Å². The molecule has 1 N–H and O–H groups in total. The molecule has 5 nitrogen and oxygen atoms in total. The number of halogens is 3. The van der Waals surface area contributed by atoms with Gasteiger partial charge in [-0.15, -0.1) is 0 Å². The molecule has 1 aromatic rings. The molecule has 3 rings (SSSR count). The van der Waals surface area contributed by atoms with E-state index >= 15 is 0 Å². The first-order chi connectivity index (χ1) is 11.3. The average Bonchev–Trinajstić information content (AvgIpc) is 3.16. The number of hydrogen-bond acceptors (Lipinski definition) is 4. The topological polar surface area (TPSA) is 54.5 Å². The van der Waals surface area contributed by atoms with Crippen LogP contribution >= 0.6 is 0 Å². The molecule has 2 aliphatic rings. The number of nitrogens with zero attached hydrogens (tertiary/aromatic N) is 2. The standard InChI is InChI=1S/C16H20F3N3O2/c17-16(18,19)11-24-14-7-12(1-5-20-14)8-21-13(23)9-22-6-4-15(10-22)2-3-15/h1,5,7H,2-4,6,8-11H2,(H,21,23). The van der Waals surface area contributed by atoms with Crippen LogP contribution in [0.15, 0.2) is 18.3 Å². The SMILES string of the molecule is O=C(CN1CCC2(CC2)C1)NCc1ccnc(OCC(F)(F)F)c1. The molecular formula is C16H20F3N3O2. The van der Waals surface area contributed by atoms with E-state index in [0.29, 0.717) is 17.5 Å². The zero-order valence-electron chi connectivity index (χ0n) is 13.2. The van der Waals surface area contributed by atoms with Crippen LogP contribution in [0.3, 0.4) is 0 Å². The van der Waals surface area contributed by atoms with Crippen LogP contribution in [0.5, 0.6) is 5.88 Å². The number of rotatable bonds is 6. The second-order valence-corrected chi connectivity index (χ2v) is 6.64. The van der Waals surface area contributed by atoms with Crippen molar-refractivity contribution < 1.29 is 22.7 Å². The van der Waals surface area contributed by atoms with Crippen molar-refractivity contribution in [2.24, 2.45) is 5.41 Å². The van der Waals surface area contributed by atoms with Gasteiger partial charge in [-0.3, -0.25) is 9.69 Å². The predicted octanol–water partition coefficient (Wildman–Crippen LogP) is 2.12. The Balaban J connectivity index is 1.43. The number of nitrogens with one attached hydrogen (secondary N) is 1. The Labute approximate surface area is 138 Å². The van der Waals surface area contributed by atoms with Crippen molar-refractivity contribution >= 4 is 5.91 Å². The third kappa shape index (κ3) is 4.83. The van der Waals surface area contributed by atoms with Crippen molar-refractivity contribution in [2.75, 3.05) is 26.2 Å². The number of carbonyl (C=O) groups excluding carboxylic acids is 1. The van der Waals surface area contributed by atoms with Gasteiger partial charge in [0.1, 0.15) is 0 Å². The second-order valence-electron chi connectivity index (χ2n) is 6.64. The highest BCUT2D eigenvalue weighted by Gasteiger charge is 2.47. The zero-order valence-corrected chi connectivity index (χ0v) is 13.2. The molecule has 1 aromatic heterocycles. The summed E-state index contributed by atoms with van der Waals surface area (Å²) in [7, 11) is 0. The molecule has 2 fully saturated rings. The molecule has 24 heavy (non-hydrogen) atoms. The van der Waals surface area contributed by atoms with Crippen molar-refractivity contribution in [3.63, 3.8) is 0 Å². The number of pyridine rings is 1. The predicted molar refractivity (Wildman–Crippen MR) is 80.4 cm³/mol. The molecule has 2 heterocycles. The van der Waals surface area contributed by atoms with Crippen molar-refractivity contribution in [3.05, 3.63) is 23.9 Å². The summed E-state index contributed by atoms with van der Waals surface area (Å²) in [6.07, 6.45) is 0.668. The Bertz CT molecular complexity index is 602. The van der Waals surface area contributed by atoms with Crippen molar-refractivity contribution in [2.45, 2.75) is 32.0 Å². The van der Waals surface area contributed by atoms with E-state index < -0.39 is 12.8 Å². The van der Waals surface area contributed by atoms with Crippen LogP contribution in [0.4, 0.5) is 13.2 Å². The van der Waals surface area contributed by atoms with Gasteiger partial charge in [-0.1, -0.05) is 0 Å². The molecule has 1 saturated heterocycles. The van der Waals surface area contributed by atoms with Gasteiger partial charge in [-0.05, 0) is 42.9 Å². The van der Waals surface area contributed by atoms with E-state index in [9.17, 15) is 18.0 Å². The van der Waals surface area contributed by atoms with Crippen LogP contribution in [0.2, 0.25) is 0 Å². The van der Waals surface area contributed by atoms with Crippen LogP contribution in [-0.4, -0.2) is 48.2 Å². The Kier molecular flexibility index (Phi) is 4.67. The summed E-state index contributed by atoms with van der Waals surface area (Å²) in [6.45, 7) is 1.17. The molecule has 0 aromatic carbocycles. The molecule has 8 heteroatoms. The van der Waals surface area contributed by atoms with Crippen molar-refractivity contribution in [1.82, 2.24) is 15.2 Å². The molecule has 0 bridgehead atoms. The van der Waals surface area contributed by atoms with E-state index in [4.69, 9.17) is 0 Å². The number of likely N-dealkylation sites (tertiary alicyclic amines) is 1. The third-order valence-corrected chi connectivity index (χ3v) is 4.51. The molecule has 132 valence electrons. The van der Waals surface area contributed by atoms with Crippen molar-refractivity contribution in [1.29, 1.82) is 0 Å². The van der Waals surface area contributed by atoms with Crippen LogP contribution in [-0.2, 0) is 11.3 Å². The van der Waals surface area contributed by atoms with Gasteiger partial charge < -0.3 is 10.1 Å². The van der Waals surface area contributed by atoms with Crippen LogP contribution in [0.25, 0.3) is 0 Å². The van der Waals surface area contributed by atoms with Crippen LogP contribution < -0.4 is 10.1 Å². The minimum Gasteiger partial charge on any atom is -0.468 e. The fourth-order valence-electron chi connectivity index (χ4n) is 3.00. The molecule has 1 aliphatic heterocycles. The minimum atomic E-state index is -4.40. The molecule has 0 radical (unpaired) electrons. The highest BCUT2D eigenvalue weighted by Crippen LogP contribution is 2.52. The van der Waals surface area contributed by atoms with E-state index in [1.54, 1.807) is 6.07 Å². The third-order valence-electron chi connectivity index (χ3n) is 4.51. The smallest absolute Gasteiger partial charge is 0.422 e. The highest BCUT2D eigenvalue weighted by molar-refractivity contribution is 5.78. The number of alkyl halides is 3. The largest absolute Gasteiger partial charge is 0.468 e. The van der Waals surface area contributed by atoms with E-state index in [0.717, 1.165) is 13.1 Å². The first-order valence-corrected chi connectivity index (χ1v) is 7.97. The van der Waals surface area contributed by atoms with Gasteiger partial charge in [0.05, 0.1) is 6.54 Å². The first kappa shape index (κ1) is 17.0. The lowest BCUT2D eigenvalue weighted by Crippen LogP contribution is -2.35. The van der Waals surface area contributed by atoms with Gasteiger partial charge in [0.2, 0.25) is 11.8 Å². The molecular weight excluding hydrogens is 323 g/mol. The maximum Gasteiger partial charge on any atom is 0.422 e. The van der Waals surface area contributed by atoms with E-state index in [-0.39, 0.29) is 18.3 Å². The van der Waals surface area contributed by atoms with Gasteiger partial charge in [-0.25, -0.2) is 4.98 Å². The maximum absolute atomic E-state index is 12.1.